The second-order valence-corrected chi connectivity index (χ2v) is 22.2. The number of hydrogen-bond acceptors (Lipinski definition) is 7. The van der Waals surface area contributed by atoms with E-state index in [1.807, 2.05) is 14.1 Å². The summed E-state index contributed by atoms with van der Waals surface area (Å²) in [5.74, 6) is 3.57. The molecule has 0 bridgehead atoms. The van der Waals surface area contributed by atoms with Crippen LogP contribution in [-0.4, -0.2) is 88.7 Å². The lowest BCUT2D eigenvalue weighted by Crippen LogP contribution is -2.51. The molecule has 3 aromatic heterocycles. The zero-order valence-corrected chi connectivity index (χ0v) is 42.9. The van der Waals surface area contributed by atoms with Crippen molar-refractivity contribution in [3.63, 3.8) is 0 Å². The van der Waals surface area contributed by atoms with E-state index in [0.717, 1.165) is 68.2 Å². The Labute approximate surface area is 410 Å². The molecule has 0 spiro atoms. The summed E-state index contributed by atoms with van der Waals surface area (Å²) < 4.78 is 11.1. The van der Waals surface area contributed by atoms with E-state index in [2.05, 4.69) is 72.2 Å². The van der Waals surface area contributed by atoms with Crippen molar-refractivity contribution in [3.05, 3.63) is 65.5 Å². The fourth-order valence-corrected chi connectivity index (χ4v) is 13.2. The minimum Gasteiger partial charge on any atom is -0.446 e. The van der Waals surface area contributed by atoms with Gasteiger partial charge in [-0.1, -0.05) is 65.5 Å². The molecule has 0 aliphatic heterocycles. The fourth-order valence-electron chi connectivity index (χ4n) is 13.2. The van der Waals surface area contributed by atoms with Gasteiger partial charge in [-0.15, -0.1) is 0 Å². The third-order valence-corrected chi connectivity index (χ3v) is 16.8. The number of carbonyl (C=O) groups is 5. The molecule has 15 heteroatoms. The standard InChI is InChI=1S/C54H81N9O6/c1-35(2)13-10-14-36(3)43-17-18-44-42-16-15-37-27-41(19-21-53(37,4)45(42)20-22-54(43,44)5)69-52(68)56-24-12-26-63-33-40(59-50(66)47-28-38(57-34-64)31-61(47)8)30-48(63)51(67)58-39-29-46(62(9)32-39)49(65)55-23-11-25-60(6)7/h15,28-36,41-45H,10-14,16-27H2,1-9H3,(H,55,65)(H,56,68)(H,57,64)(H,58,67)(H,59,66)/t36-,41+,42+,43-,44+,45+,53+,54-/m1/s1. The van der Waals surface area contributed by atoms with Gasteiger partial charge in [-0.3, -0.25) is 19.2 Å². The Morgan fingerprint density at radius 1 is 0.783 bits per heavy atom. The third-order valence-electron chi connectivity index (χ3n) is 16.8. The van der Waals surface area contributed by atoms with Gasteiger partial charge < -0.3 is 49.9 Å². The molecule has 0 radical (unpaired) electrons. The van der Waals surface area contributed by atoms with Gasteiger partial charge in [0.15, 0.2) is 0 Å². The van der Waals surface area contributed by atoms with Gasteiger partial charge in [0, 0.05) is 58.7 Å². The van der Waals surface area contributed by atoms with E-state index in [4.69, 9.17) is 4.74 Å². The highest BCUT2D eigenvalue weighted by atomic mass is 16.6. The summed E-state index contributed by atoms with van der Waals surface area (Å²) in [4.78, 5) is 66.6. The van der Waals surface area contributed by atoms with Crippen LogP contribution in [0.15, 0.2) is 48.4 Å². The molecule has 7 rings (SSSR count). The number of alkyl carbamates (subject to hydrolysis) is 1. The molecule has 0 saturated heterocycles. The normalized spacial score (nSPS) is 25.5. The SMILES string of the molecule is CC(C)CCC[C@@H](C)[C@H]1CC[C@H]2[C@@H]3CC=C4C[C@@H](OC(=O)NCCCn5cc(NC(=O)c6cc(NC=O)cn6C)cc5C(=O)Nc5cc(C(=O)NCCCN(C)C)n(C)c5)CC[C@]4(C)[C@H]3CC[C@]12C. The van der Waals surface area contributed by atoms with Crippen molar-refractivity contribution < 1.29 is 28.7 Å². The Morgan fingerprint density at radius 3 is 2.17 bits per heavy atom. The van der Waals surface area contributed by atoms with Gasteiger partial charge in [0.25, 0.3) is 17.7 Å². The number of nitrogens with zero attached hydrogens (tertiary/aromatic N) is 4. The van der Waals surface area contributed by atoms with Crippen LogP contribution in [0.4, 0.5) is 21.9 Å². The van der Waals surface area contributed by atoms with E-state index < -0.39 is 17.9 Å². The minimum absolute atomic E-state index is 0.162. The maximum atomic E-state index is 13.9. The average molecular weight is 952 g/mol. The number of ether oxygens (including phenoxy) is 1. The molecule has 3 aromatic rings. The van der Waals surface area contributed by atoms with E-state index in [1.165, 1.54) is 50.5 Å². The van der Waals surface area contributed by atoms with E-state index in [1.54, 1.807) is 64.6 Å². The van der Waals surface area contributed by atoms with Crippen molar-refractivity contribution in [2.24, 2.45) is 60.4 Å². The summed E-state index contributed by atoms with van der Waals surface area (Å²) >= 11 is 0. The molecule has 4 aliphatic rings. The average Bonchev–Trinajstić information content (AvgIpc) is 4.07. The summed E-state index contributed by atoms with van der Waals surface area (Å²) in [7, 11) is 7.41. The Morgan fingerprint density at radius 2 is 1.45 bits per heavy atom. The zero-order chi connectivity index (χ0) is 49.6. The van der Waals surface area contributed by atoms with Crippen LogP contribution in [0.2, 0.25) is 0 Å². The van der Waals surface area contributed by atoms with Crippen LogP contribution in [-0.2, 0) is 30.2 Å². The highest BCUT2D eigenvalue weighted by Crippen LogP contribution is 2.67. The van der Waals surface area contributed by atoms with E-state index in [-0.39, 0.29) is 23.1 Å². The van der Waals surface area contributed by atoms with E-state index in [9.17, 15) is 24.0 Å². The first kappa shape index (κ1) is 51.5. The quantitative estimate of drug-likeness (QED) is 0.0402. The number of allylic oxidation sites excluding steroid dienone is 1. The largest absolute Gasteiger partial charge is 0.446 e. The topological polar surface area (TPSA) is 173 Å². The van der Waals surface area contributed by atoms with Crippen molar-refractivity contribution in [3.8, 4) is 0 Å². The summed E-state index contributed by atoms with van der Waals surface area (Å²) in [5.41, 5.74) is 4.40. The molecule has 4 aliphatic carbocycles. The van der Waals surface area contributed by atoms with Crippen molar-refractivity contribution in [2.75, 3.05) is 49.7 Å². The van der Waals surface area contributed by atoms with Crippen molar-refractivity contribution in [2.45, 2.75) is 131 Å². The summed E-state index contributed by atoms with van der Waals surface area (Å²) in [5, 5.41) is 14.3. The Hall–Kier alpha value is -5.31. The van der Waals surface area contributed by atoms with Crippen LogP contribution in [0.1, 0.15) is 150 Å². The van der Waals surface area contributed by atoms with Gasteiger partial charge in [-0.25, -0.2) is 4.79 Å². The van der Waals surface area contributed by atoms with Gasteiger partial charge in [-0.05, 0) is 143 Å². The third kappa shape index (κ3) is 11.8. The predicted molar refractivity (Wildman–Crippen MR) is 272 cm³/mol. The maximum Gasteiger partial charge on any atom is 0.407 e. The molecular formula is C54H81N9O6. The lowest BCUT2D eigenvalue weighted by molar-refractivity contribution is -0.105. The monoisotopic (exact) mass is 952 g/mol. The molecule has 3 saturated carbocycles. The second kappa shape index (κ2) is 22.2. The molecular weight excluding hydrogens is 871 g/mol. The molecule has 3 heterocycles. The molecule has 8 atom stereocenters. The number of hydrogen-bond donors (Lipinski definition) is 5. The number of amides is 5. The van der Waals surface area contributed by atoms with Crippen LogP contribution >= 0.6 is 0 Å². The molecule has 0 unspecified atom stereocenters. The molecule has 69 heavy (non-hydrogen) atoms. The van der Waals surface area contributed by atoms with E-state index >= 15 is 0 Å². The van der Waals surface area contributed by atoms with E-state index in [0.29, 0.717) is 72.2 Å². The lowest BCUT2D eigenvalue weighted by Gasteiger charge is -2.58. The molecule has 15 nitrogen and oxygen atoms in total. The number of anilines is 3. The number of aromatic nitrogens is 3. The maximum absolute atomic E-state index is 13.9. The smallest absolute Gasteiger partial charge is 0.407 e. The summed E-state index contributed by atoms with van der Waals surface area (Å²) in [6.45, 7) is 14.4. The first-order valence-corrected chi connectivity index (χ1v) is 25.8. The molecule has 378 valence electrons. The fraction of sp³-hybridized carbons (Fsp3) is 0.648. The number of fused-ring (bicyclic) bond motifs is 5. The highest BCUT2D eigenvalue weighted by molar-refractivity contribution is 6.07. The summed E-state index contributed by atoms with van der Waals surface area (Å²) in [6, 6.07) is 4.78. The minimum atomic E-state index is -0.438. The highest BCUT2D eigenvalue weighted by Gasteiger charge is 2.59. The predicted octanol–water partition coefficient (Wildman–Crippen LogP) is 9.45. The number of carbonyl (C=O) groups excluding carboxylic acids is 5. The number of aryl methyl sites for hydroxylation is 3. The van der Waals surface area contributed by atoms with Crippen LogP contribution in [0.25, 0.3) is 0 Å². The zero-order valence-electron chi connectivity index (χ0n) is 42.9. The van der Waals surface area contributed by atoms with Crippen LogP contribution in [0, 0.1) is 46.3 Å². The van der Waals surface area contributed by atoms with Gasteiger partial charge in [0.05, 0.1) is 17.1 Å². The number of nitrogens with one attached hydrogen (secondary N) is 5. The summed E-state index contributed by atoms with van der Waals surface area (Å²) in [6.07, 6.45) is 22.1. The van der Waals surface area contributed by atoms with Crippen molar-refractivity contribution >= 4 is 47.3 Å². The van der Waals surface area contributed by atoms with Crippen LogP contribution in [0.3, 0.4) is 0 Å². The van der Waals surface area contributed by atoms with Gasteiger partial charge in [0.2, 0.25) is 6.41 Å². The van der Waals surface area contributed by atoms with Crippen molar-refractivity contribution in [1.29, 1.82) is 0 Å². The first-order chi connectivity index (χ1) is 32.9. The van der Waals surface area contributed by atoms with Crippen LogP contribution < -0.4 is 26.6 Å². The number of rotatable bonds is 21. The molecule has 0 aromatic carbocycles. The van der Waals surface area contributed by atoms with Crippen molar-refractivity contribution in [1.82, 2.24) is 29.2 Å². The van der Waals surface area contributed by atoms with Gasteiger partial charge in [0.1, 0.15) is 23.2 Å². The molecule has 5 amide bonds. The first-order valence-electron chi connectivity index (χ1n) is 25.8. The Kier molecular flexibility index (Phi) is 16.6. The second-order valence-electron chi connectivity index (χ2n) is 22.2. The van der Waals surface area contributed by atoms with Gasteiger partial charge >= 0.3 is 6.09 Å². The Balaban J connectivity index is 0.941. The van der Waals surface area contributed by atoms with Gasteiger partial charge in [-0.2, -0.15) is 0 Å². The molecule has 3 fully saturated rings. The Bertz CT molecular complexity index is 2340. The molecule has 5 N–H and O–H groups in total. The van der Waals surface area contributed by atoms with Crippen LogP contribution in [0.5, 0.6) is 0 Å². The lowest BCUT2D eigenvalue weighted by atomic mass is 9.47.